The summed E-state index contributed by atoms with van der Waals surface area (Å²) in [7, 11) is -2.91. The van der Waals surface area contributed by atoms with E-state index in [2.05, 4.69) is 173 Å². The van der Waals surface area contributed by atoms with Crippen LogP contribution in [0.4, 0.5) is 0 Å². The van der Waals surface area contributed by atoms with Crippen LogP contribution < -0.4 is 35.2 Å². The molecule has 6 aromatic carbocycles. The molecule has 2 aliphatic carbocycles. The molecular weight excluding hydrogens is 743 g/mol. The van der Waals surface area contributed by atoms with E-state index in [4.69, 9.17) is 0 Å². The van der Waals surface area contributed by atoms with Crippen LogP contribution in [0, 0.1) is 13.8 Å². The molecule has 1 aliphatic heterocycles. The van der Waals surface area contributed by atoms with Crippen molar-refractivity contribution in [2.45, 2.75) is 34.9 Å². The molecule has 6 aromatic rings. The van der Waals surface area contributed by atoms with Crippen molar-refractivity contribution in [1.29, 1.82) is 0 Å². The van der Waals surface area contributed by atoms with Gasteiger partial charge in [0.2, 0.25) is 0 Å². The molecule has 0 amide bonds. The minimum atomic E-state index is -2.91. The molecule has 9 rings (SSSR count). The van der Waals surface area contributed by atoms with Crippen molar-refractivity contribution in [2.75, 3.05) is 0 Å². The van der Waals surface area contributed by atoms with Gasteiger partial charge in [-0.1, -0.05) is 0 Å². The van der Waals surface area contributed by atoms with Gasteiger partial charge < -0.3 is 24.8 Å². The molecule has 50 heavy (non-hydrogen) atoms. The summed E-state index contributed by atoms with van der Waals surface area (Å²) in [4.78, 5) is 0. The third-order valence-electron chi connectivity index (χ3n) is 11.2. The van der Waals surface area contributed by atoms with Crippen LogP contribution in [0.15, 0.2) is 157 Å². The second-order valence-electron chi connectivity index (χ2n) is 13.9. The van der Waals surface area contributed by atoms with Crippen LogP contribution in [0.5, 0.6) is 0 Å². The van der Waals surface area contributed by atoms with E-state index in [1.807, 2.05) is 0 Å². The summed E-state index contributed by atoms with van der Waals surface area (Å²) in [5.41, 5.74) is 17.6. The van der Waals surface area contributed by atoms with Gasteiger partial charge in [-0.2, -0.15) is 0 Å². The van der Waals surface area contributed by atoms with Gasteiger partial charge >= 0.3 is 299 Å². The fourth-order valence-electron chi connectivity index (χ4n) is 9.08. The smallest absolute Gasteiger partial charge is 1.00 e. The average molecular weight is 781 g/mol. The number of allylic oxidation sites excluding steroid dienone is 2. The standard InChI is InChI=1S/C46H38Si.2ClH.Zr/c1-31-21-25-39(26-22-31)47(40-27-23-32(2)24-28-40,45-33(3)29-37-17-11-19-41(43(37)45)35-13-7-5-8-14-35)46-34(4)30-38-18-12-20-42(44(38)46)36-15-9-6-10-16-36;;;/h5-30H,1-4H3;2*1H;/q;;;+2/p-2. The van der Waals surface area contributed by atoms with E-state index in [1.54, 1.807) is 32.7 Å². The number of hydrogen-bond donors (Lipinski definition) is 0. The zero-order chi connectivity index (χ0) is 32.6. The molecule has 2 unspecified atom stereocenters. The fourth-order valence-corrected chi connectivity index (χ4v) is 20.5. The molecule has 0 saturated heterocycles. The van der Waals surface area contributed by atoms with E-state index < -0.39 is 31.3 Å². The zero-order valence-electron chi connectivity index (χ0n) is 28.8. The van der Waals surface area contributed by atoms with Crippen molar-refractivity contribution in [2.24, 2.45) is 0 Å². The number of fused-ring (bicyclic) bond motifs is 8. The Balaban J connectivity index is 0.00000196. The first-order valence-electron chi connectivity index (χ1n) is 17.2. The summed E-state index contributed by atoms with van der Waals surface area (Å²) in [6.07, 6.45) is 0. The van der Waals surface area contributed by atoms with Crippen LogP contribution in [-0.4, -0.2) is 8.07 Å². The van der Waals surface area contributed by atoms with Crippen LogP contribution in [0.3, 0.4) is 0 Å². The first kappa shape index (κ1) is 34.9. The van der Waals surface area contributed by atoms with Crippen LogP contribution in [0.25, 0.3) is 32.6 Å². The molecule has 2 atom stereocenters. The van der Waals surface area contributed by atoms with Crippen molar-refractivity contribution in [1.82, 2.24) is 0 Å². The molecule has 244 valence electrons. The third-order valence-corrected chi connectivity index (χ3v) is 21.7. The molecule has 0 spiro atoms. The molecular formula is C46H38Cl2SiZr. The predicted octanol–water partition coefficient (Wildman–Crippen LogP) is 4.44. The van der Waals surface area contributed by atoms with E-state index in [0.29, 0.717) is 7.25 Å². The van der Waals surface area contributed by atoms with Crippen molar-refractivity contribution < 1.29 is 48.0 Å². The largest absolute Gasteiger partial charge is 1.00 e. The minimum Gasteiger partial charge on any atom is -1.00 e. The van der Waals surface area contributed by atoms with Gasteiger partial charge in [0.1, 0.15) is 0 Å². The molecule has 4 bridgehead atoms. The maximum atomic E-state index is 2.53. The quantitative estimate of drug-likeness (QED) is 0.233. The van der Waals surface area contributed by atoms with E-state index in [9.17, 15) is 0 Å². The molecule has 0 saturated carbocycles. The monoisotopic (exact) mass is 778 g/mol. The summed E-state index contributed by atoms with van der Waals surface area (Å²) in [5.74, 6) is 0. The number of benzene rings is 6. The molecule has 0 fully saturated rings. The molecule has 4 heteroatoms. The minimum absolute atomic E-state index is 0. The van der Waals surface area contributed by atoms with Gasteiger partial charge in [0.15, 0.2) is 0 Å². The van der Waals surface area contributed by atoms with Crippen LogP contribution in [0.2, 0.25) is 0 Å². The van der Waals surface area contributed by atoms with Gasteiger partial charge in [-0.05, 0) is 0 Å². The molecule has 0 nitrogen and oxygen atoms in total. The molecule has 0 aromatic heterocycles. The Bertz CT molecular complexity index is 2120. The Kier molecular flexibility index (Phi) is 9.46. The van der Waals surface area contributed by atoms with Gasteiger partial charge in [-0.25, -0.2) is 0 Å². The first-order valence-corrected chi connectivity index (χ1v) is 22.0. The first-order chi connectivity index (χ1) is 23.5. The maximum Gasteiger partial charge on any atom is -1.00 e. The van der Waals surface area contributed by atoms with Gasteiger partial charge in [0.25, 0.3) is 0 Å². The molecule has 1 heterocycles. The molecule has 0 radical (unpaired) electrons. The topological polar surface area (TPSA) is 0 Å². The summed E-state index contributed by atoms with van der Waals surface area (Å²) < 4.78 is 1.08. The van der Waals surface area contributed by atoms with E-state index >= 15 is 0 Å². The number of rotatable bonds is 4. The summed E-state index contributed by atoms with van der Waals surface area (Å²) in [6.45, 7) is 9.52. The second kappa shape index (κ2) is 13.6. The van der Waals surface area contributed by atoms with E-state index in [-0.39, 0.29) is 24.8 Å². The van der Waals surface area contributed by atoms with E-state index in [1.165, 1.54) is 54.9 Å². The maximum absolute atomic E-state index is 2.91. The van der Waals surface area contributed by atoms with Gasteiger partial charge in [0, 0.05) is 0 Å². The Hall–Kier alpha value is -3.52. The Morgan fingerprint density at radius 1 is 0.420 bits per heavy atom. The van der Waals surface area contributed by atoms with Crippen LogP contribution >= 0.6 is 0 Å². The normalized spacial score (nSPS) is 17.7. The third kappa shape index (κ3) is 5.09. The molecule has 3 aliphatic rings. The Morgan fingerprint density at radius 3 is 1.18 bits per heavy atom. The van der Waals surface area contributed by atoms with Crippen molar-refractivity contribution in [3.8, 4) is 22.3 Å². The van der Waals surface area contributed by atoms with Gasteiger partial charge in [-0.15, -0.1) is 0 Å². The fraction of sp³-hybridized carbons (Fsp3) is 0.130. The number of aryl methyl sites for hydroxylation is 2. The SMILES string of the molecule is CC1=C2c3c(-c4ccccc4)cccc3[CH]1[Zr+2][CH]1C(C)=C(c3c(-c4ccccc4)cccc31)[Si]2(c1ccc(C)cc1)c1ccc(C)cc1.[Cl-].[Cl-]. The second-order valence-corrected chi connectivity index (χ2v) is 21.2. The summed E-state index contributed by atoms with van der Waals surface area (Å²) in [6, 6.07) is 56.3. The van der Waals surface area contributed by atoms with Crippen molar-refractivity contribution >= 4 is 28.8 Å². The number of hydrogen-bond acceptors (Lipinski definition) is 0. The Morgan fingerprint density at radius 2 is 0.800 bits per heavy atom. The van der Waals surface area contributed by atoms with Gasteiger partial charge in [-0.3, -0.25) is 0 Å². The zero-order valence-corrected chi connectivity index (χ0v) is 33.7. The van der Waals surface area contributed by atoms with E-state index in [0.717, 1.165) is 0 Å². The van der Waals surface area contributed by atoms with Crippen LogP contribution in [-0.2, 0) is 23.2 Å². The summed E-state index contributed by atoms with van der Waals surface area (Å²) in [5, 5.41) is 6.30. The van der Waals surface area contributed by atoms with Gasteiger partial charge in [0.05, 0.1) is 0 Å². The molecule has 0 N–H and O–H groups in total. The number of halogens is 2. The van der Waals surface area contributed by atoms with Crippen LogP contribution in [0.1, 0.15) is 54.5 Å². The Labute approximate surface area is 321 Å². The van der Waals surface area contributed by atoms with Crippen molar-refractivity contribution in [3.05, 3.63) is 190 Å². The van der Waals surface area contributed by atoms with Crippen molar-refractivity contribution in [3.63, 3.8) is 0 Å². The predicted molar refractivity (Wildman–Crippen MR) is 202 cm³/mol. The summed E-state index contributed by atoms with van der Waals surface area (Å²) >= 11 is -1.05. The average Bonchev–Trinajstić information content (AvgIpc) is 3.59.